The SMILES string of the molecule is CCCc1nc(Cc2ccccc2C)nc2c1CNC2. The van der Waals surface area contributed by atoms with Gasteiger partial charge in [-0.15, -0.1) is 0 Å². The summed E-state index contributed by atoms with van der Waals surface area (Å²) in [5.41, 5.74) is 6.41. The van der Waals surface area contributed by atoms with Gasteiger partial charge in [-0.05, 0) is 24.5 Å². The van der Waals surface area contributed by atoms with Crippen molar-refractivity contribution in [3.63, 3.8) is 0 Å². The first-order chi connectivity index (χ1) is 9.78. The quantitative estimate of drug-likeness (QED) is 0.925. The predicted octanol–water partition coefficient (Wildman–Crippen LogP) is 2.93. The Morgan fingerprint density at radius 3 is 2.80 bits per heavy atom. The van der Waals surface area contributed by atoms with Crippen LogP contribution in [-0.4, -0.2) is 9.97 Å². The van der Waals surface area contributed by atoms with Crippen molar-refractivity contribution in [2.45, 2.75) is 46.2 Å². The Labute approximate surface area is 120 Å². The van der Waals surface area contributed by atoms with E-state index in [0.29, 0.717) is 0 Å². The molecule has 1 aromatic carbocycles. The van der Waals surface area contributed by atoms with Crippen LogP contribution in [0.3, 0.4) is 0 Å². The molecule has 0 fully saturated rings. The zero-order valence-electron chi connectivity index (χ0n) is 12.2. The van der Waals surface area contributed by atoms with E-state index in [2.05, 4.69) is 43.4 Å². The number of rotatable bonds is 4. The third kappa shape index (κ3) is 2.59. The van der Waals surface area contributed by atoms with Crippen molar-refractivity contribution < 1.29 is 0 Å². The Morgan fingerprint density at radius 2 is 2.00 bits per heavy atom. The fourth-order valence-corrected chi connectivity index (χ4v) is 2.80. The molecule has 0 spiro atoms. The molecule has 104 valence electrons. The summed E-state index contributed by atoms with van der Waals surface area (Å²) >= 11 is 0. The van der Waals surface area contributed by atoms with Crippen molar-refractivity contribution in [3.8, 4) is 0 Å². The van der Waals surface area contributed by atoms with Gasteiger partial charge >= 0.3 is 0 Å². The van der Waals surface area contributed by atoms with Gasteiger partial charge in [0.1, 0.15) is 5.82 Å². The fourth-order valence-electron chi connectivity index (χ4n) is 2.80. The van der Waals surface area contributed by atoms with Crippen LogP contribution in [0.1, 0.15) is 47.2 Å². The van der Waals surface area contributed by atoms with Crippen LogP contribution in [0.4, 0.5) is 0 Å². The lowest BCUT2D eigenvalue weighted by Crippen LogP contribution is -2.07. The zero-order valence-corrected chi connectivity index (χ0v) is 12.2. The Kier molecular flexibility index (Phi) is 3.79. The van der Waals surface area contributed by atoms with Gasteiger partial charge in [0.15, 0.2) is 0 Å². The molecule has 3 nitrogen and oxygen atoms in total. The summed E-state index contributed by atoms with van der Waals surface area (Å²) < 4.78 is 0. The fraction of sp³-hybridized carbons (Fsp3) is 0.412. The molecule has 1 aromatic heterocycles. The van der Waals surface area contributed by atoms with E-state index in [4.69, 9.17) is 9.97 Å². The van der Waals surface area contributed by atoms with Crippen LogP contribution in [0.15, 0.2) is 24.3 Å². The van der Waals surface area contributed by atoms with E-state index < -0.39 is 0 Å². The molecule has 0 saturated heterocycles. The summed E-state index contributed by atoms with van der Waals surface area (Å²) in [5, 5.41) is 3.39. The van der Waals surface area contributed by atoms with Crippen molar-refractivity contribution in [2.24, 2.45) is 0 Å². The number of nitrogens with zero attached hydrogens (tertiary/aromatic N) is 2. The molecule has 0 saturated carbocycles. The zero-order chi connectivity index (χ0) is 13.9. The average molecular weight is 267 g/mol. The Morgan fingerprint density at radius 1 is 1.15 bits per heavy atom. The normalized spacial score (nSPS) is 13.5. The molecule has 0 radical (unpaired) electrons. The lowest BCUT2D eigenvalue weighted by molar-refractivity contribution is 0.753. The van der Waals surface area contributed by atoms with E-state index in [0.717, 1.165) is 38.2 Å². The second kappa shape index (κ2) is 5.71. The summed E-state index contributed by atoms with van der Waals surface area (Å²) in [6, 6.07) is 8.49. The first-order valence-electron chi connectivity index (χ1n) is 7.40. The summed E-state index contributed by atoms with van der Waals surface area (Å²) in [5.74, 6) is 0.963. The Bertz CT molecular complexity index is 620. The Balaban J connectivity index is 1.94. The van der Waals surface area contributed by atoms with Crippen LogP contribution < -0.4 is 5.32 Å². The van der Waals surface area contributed by atoms with E-state index in [1.807, 2.05) is 0 Å². The summed E-state index contributed by atoms with van der Waals surface area (Å²) in [6.07, 6.45) is 3.01. The van der Waals surface area contributed by atoms with Crippen LogP contribution in [0.2, 0.25) is 0 Å². The van der Waals surface area contributed by atoms with E-state index in [-0.39, 0.29) is 0 Å². The minimum absolute atomic E-state index is 0.830. The highest BCUT2D eigenvalue weighted by Crippen LogP contribution is 2.20. The molecular formula is C17H21N3. The van der Waals surface area contributed by atoms with Crippen LogP contribution in [-0.2, 0) is 25.9 Å². The van der Waals surface area contributed by atoms with Gasteiger partial charge in [0.2, 0.25) is 0 Å². The van der Waals surface area contributed by atoms with Gasteiger partial charge in [0.25, 0.3) is 0 Å². The molecule has 3 rings (SSSR count). The first-order valence-corrected chi connectivity index (χ1v) is 7.40. The molecule has 3 heteroatoms. The summed E-state index contributed by atoms with van der Waals surface area (Å²) in [4.78, 5) is 9.58. The number of aryl methyl sites for hydroxylation is 2. The Hall–Kier alpha value is -1.74. The van der Waals surface area contributed by atoms with Crippen molar-refractivity contribution in [2.75, 3.05) is 0 Å². The summed E-state index contributed by atoms with van der Waals surface area (Å²) in [7, 11) is 0. The predicted molar refractivity (Wildman–Crippen MR) is 80.6 cm³/mol. The second-order valence-corrected chi connectivity index (χ2v) is 5.47. The minimum atomic E-state index is 0.830. The number of benzene rings is 1. The standard InChI is InChI=1S/C17H21N3/c1-3-6-15-14-10-18-11-16(14)20-17(19-15)9-13-8-5-4-7-12(13)2/h4-5,7-8,18H,3,6,9-11H2,1-2H3. The van der Waals surface area contributed by atoms with Crippen LogP contribution in [0, 0.1) is 6.92 Å². The van der Waals surface area contributed by atoms with Gasteiger partial charge in [0, 0.05) is 30.8 Å². The topological polar surface area (TPSA) is 37.8 Å². The van der Waals surface area contributed by atoms with Crippen LogP contribution in [0.25, 0.3) is 0 Å². The molecule has 0 atom stereocenters. The molecule has 0 unspecified atom stereocenters. The van der Waals surface area contributed by atoms with Gasteiger partial charge in [-0.25, -0.2) is 9.97 Å². The smallest absolute Gasteiger partial charge is 0.133 e. The molecule has 1 aliphatic rings. The molecule has 1 aliphatic heterocycles. The minimum Gasteiger partial charge on any atom is -0.307 e. The maximum absolute atomic E-state index is 4.82. The van der Waals surface area contributed by atoms with Gasteiger partial charge in [-0.2, -0.15) is 0 Å². The lowest BCUT2D eigenvalue weighted by Gasteiger charge is -2.10. The highest BCUT2D eigenvalue weighted by atomic mass is 15.0. The third-order valence-corrected chi connectivity index (χ3v) is 3.92. The molecular weight excluding hydrogens is 246 g/mol. The number of aromatic nitrogens is 2. The van der Waals surface area contributed by atoms with Crippen molar-refractivity contribution in [1.82, 2.24) is 15.3 Å². The average Bonchev–Trinajstić information content (AvgIpc) is 2.90. The highest BCUT2D eigenvalue weighted by Gasteiger charge is 2.18. The number of fused-ring (bicyclic) bond motifs is 1. The van der Waals surface area contributed by atoms with Crippen molar-refractivity contribution >= 4 is 0 Å². The summed E-state index contributed by atoms with van der Waals surface area (Å²) in [6.45, 7) is 6.17. The maximum Gasteiger partial charge on any atom is 0.133 e. The van der Waals surface area contributed by atoms with E-state index >= 15 is 0 Å². The lowest BCUT2D eigenvalue weighted by atomic mass is 10.0. The number of hydrogen-bond acceptors (Lipinski definition) is 3. The number of hydrogen-bond donors (Lipinski definition) is 1. The van der Waals surface area contributed by atoms with Gasteiger partial charge in [-0.1, -0.05) is 37.6 Å². The third-order valence-electron chi connectivity index (χ3n) is 3.92. The van der Waals surface area contributed by atoms with Crippen molar-refractivity contribution in [3.05, 3.63) is 58.2 Å². The molecule has 20 heavy (non-hydrogen) atoms. The molecule has 0 aliphatic carbocycles. The van der Waals surface area contributed by atoms with E-state index in [1.54, 1.807) is 0 Å². The molecule has 0 bridgehead atoms. The molecule has 2 aromatic rings. The monoisotopic (exact) mass is 267 g/mol. The van der Waals surface area contributed by atoms with Gasteiger partial charge in [-0.3, -0.25) is 0 Å². The van der Waals surface area contributed by atoms with Crippen LogP contribution >= 0.6 is 0 Å². The van der Waals surface area contributed by atoms with Crippen molar-refractivity contribution in [1.29, 1.82) is 0 Å². The van der Waals surface area contributed by atoms with Gasteiger partial charge < -0.3 is 5.32 Å². The first kappa shape index (κ1) is 13.3. The maximum atomic E-state index is 4.82. The van der Waals surface area contributed by atoms with Crippen LogP contribution in [0.5, 0.6) is 0 Å². The largest absolute Gasteiger partial charge is 0.307 e. The number of nitrogens with one attached hydrogen (secondary N) is 1. The van der Waals surface area contributed by atoms with E-state index in [1.165, 1.54) is 28.1 Å². The second-order valence-electron chi connectivity index (χ2n) is 5.47. The highest BCUT2D eigenvalue weighted by molar-refractivity contribution is 5.32. The molecule has 1 N–H and O–H groups in total. The molecule has 0 amide bonds. The van der Waals surface area contributed by atoms with E-state index in [9.17, 15) is 0 Å². The molecule has 2 heterocycles. The van der Waals surface area contributed by atoms with Gasteiger partial charge in [0.05, 0.1) is 5.69 Å².